The lowest BCUT2D eigenvalue weighted by Gasteiger charge is -2.02. The topological polar surface area (TPSA) is 22.1 Å². The summed E-state index contributed by atoms with van der Waals surface area (Å²) < 4.78 is 7.43. The second kappa shape index (κ2) is 4.42. The number of halogens is 2. The Kier molecular flexibility index (Phi) is 3.20. The monoisotopic (exact) mass is 332 g/mol. The lowest BCUT2D eigenvalue weighted by Crippen LogP contribution is -1.82. The number of aromatic nitrogens is 1. The van der Waals surface area contributed by atoms with E-state index in [4.69, 9.17) is 4.74 Å². The maximum Gasteiger partial charge on any atom is 0.279 e. The zero-order chi connectivity index (χ0) is 9.97. The first-order chi connectivity index (χ1) is 6.75. The quantitative estimate of drug-likeness (QED) is 0.819. The van der Waals surface area contributed by atoms with Gasteiger partial charge in [0, 0.05) is 14.3 Å². The molecule has 0 aliphatic heterocycles. The molecule has 1 aromatic carbocycles. The van der Waals surface area contributed by atoms with E-state index in [2.05, 4.69) is 43.0 Å². The van der Waals surface area contributed by atoms with Crippen molar-refractivity contribution in [2.75, 3.05) is 0 Å². The molecule has 2 rings (SSSR count). The first-order valence-electron chi connectivity index (χ1n) is 3.70. The molecular weight excluding hydrogens is 330 g/mol. The van der Waals surface area contributed by atoms with Crippen LogP contribution in [0, 0.1) is 6.20 Å². The molecule has 0 aliphatic carbocycles. The van der Waals surface area contributed by atoms with Gasteiger partial charge in [-0.1, -0.05) is 11.3 Å². The van der Waals surface area contributed by atoms with Crippen LogP contribution in [0.2, 0.25) is 0 Å². The number of ether oxygens (including phenoxy) is 1. The maximum absolute atomic E-state index is 5.48. The minimum absolute atomic E-state index is 0.597. The van der Waals surface area contributed by atoms with Crippen LogP contribution < -0.4 is 4.74 Å². The fourth-order valence-corrected chi connectivity index (χ4v) is 1.93. The van der Waals surface area contributed by atoms with Gasteiger partial charge in [-0.25, -0.2) is 4.98 Å². The molecule has 0 amide bonds. The fraction of sp³-hybridized carbons (Fsp3) is 0. The first-order valence-corrected chi connectivity index (χ1v) is 6.17. The molecule has 2 aromatic rings. The molecule has 14 heavy (non-hydrogen) atoms. The van der Waals surface area contributed by atoms with E-state index in [9.17, 15) is 0 Å². The van der Waals surface area contributed by atoms with Crippen molar-refractivity contribution in [2.45, 2.75) is 0 Å². The normalized spacial score (nSPS) is 10.1. The molecule has 1 aromatic heterocycles. The highest BCUT2D eigenvalue weighted by molar-refractivity contribution is 9.13. The Hall–Kier alpha value is -0.390. The van der Waals surface area contributed by atoms with Crippen molar-refractivity contribution in [3.8, 4) is 10.9 Å². The van der Waals surface area contributed by atoms with Crippen LogP contribution in [0.4, 0.5) is 0 Å². The summed E-state index contributed by atoms with van der Waals surface area (Å²) in [7, 11) is 0. The number of thiazole rings is 1. The van der Waals surface area contributed by atoms with E-state index in [1.165, 1.54) is 11.3 Å². The highest BCUT2D eigenvalue weighted by atomic mass is 79.9. The summed E-state index contributed by atoms with van der Waals surface area (Å²) >= 11 is 8.20. The van der Waals surface area contributed by atoms with Crippen LogP contribution >= 0.6 is 43.2 Å². The summed E-state index contributed by atoms with van der Waals surface area (Å²) in [4.78, 5) is 3.91. The minimum atomic E-state index is 0.597. The van der Waals surface area contributed by atoms with E-state index < -0.39 is 0 Å². The lowest BCUT2D eigenvalue weighted by atomic mass is 10.3. The van der Waals surface area contributed by atoms with Gasteiger partial charge in [0.25, 0.3) is 5.19 Å². The van der Waals surface area contributed by atoms with Crippen LogP contribution in [0.5, 0.6) is 10.9 Å². The van der Waals surface area contributed by atoms with Crippen molar-refractivity contribution >= 4 is 43.2 Å². The minimum Gasteiger partial charge on any atom is -0.431 e. The van der Waals surface area contributed by atoms with Gasteiger partial charge in [-0.3, -0.25) is 0 Å². The predicted molar refractivity (Wildman–Crippen MR) is 62.9 cm³/mol. The molecule has 0 saturated carbocycles. The number of rotatable bonds is 2. The summed E-state index contributed by atoms with van der Waals surface area (Å²) in [6.07, 6.45) is 2.70. The third kappa shape index (κ3) is 2.34. The van der Waals surface area contributed by atoms with E-state index in [-0.39, 0.29) is 0 Å². The molecule has 2 nitrogen and oxygen atoms in total. The van der Waals surface area contributed by atoms with Gasteiger partial charge < -0.3 is 4.74 Å². The van der Waals surface area contributed by atoms with Crippen molar-refractivity contribution in [3.05, 3.63) is 38.7 Å². The molecule has 71 valence electrons. The summed E-state index contributed by atoms with van der Waals surface area (Å²) in [6.45, 7) is 0. The van der Waals surface area contributed by atoms with Gasteiger partial charge in [-0.15, -0.1) is 0 Å². The van der Waals surface area contributed by atoms with Crippen molar-refractivity contribution < 1.29 is 4.74 Å². The molecule has 1 radical (unpaired) electrons. The molecule has 1 heterocycles. The molecule has 0 unspecified atom stereocenters. The first kappa shape index (κ1) is 10.1. The predicted octanol–water partition coefficient (Wildman–Crippen LogP) is 4.26. The second-order valence-electron chi connectivity index (χ2n) is 2.42. The standard InChI is InChI=1S/C9H4Br2NOS/c10-7-2-1-6(5-8(7)11)13-9-12-3-4-14-9/h1-2,4-5H. The van der Waals surface area contributed by atoms with Crippen LogP contribution in [-0.2, 0) is 0 Å². The van der Waals surface area contributed by atoms with Crippen molar-refractivity contribution in [3.63, 3.8) is 0 Å². The number of benzene rings is 1. The molecule has 0 spiro atoms. The third-order valence-electron chi connectivity index (χ3n) is 1.46. The largest absolute Gasteiger partial charge is 0.431 e. The summed E-state index contributed by atoms with van der Waals surface area (Å²) in [5.74, 6) is 0.753. The Morgan fingerprint density at radius 2 is 2.14 bits per heavy atom. The smallest absolute Gasteiger partial charge is 0.279 e. The highest BCUT2D eigenvalue weighted by Crippen LogP contribution is 2.30. The molecule has 0 fully saturated rings. The van der Waals surface area contributed by atoms with Gasteiger partial charge in [0.2, 0.25) is 0 Å². The van der Waals surface area contributed by atoms with E-state index >= 15 is 0 Å². The summed E-state index contributed by atoms with van der Waals surface area (Å²) in [5, 5.41) is 2.35. The summed E-state index contributed by atoms with van der Waals surface area (Å²) in [5.41, 5.74) is 0. The second-order valence-corrected chi connectivity index (χ2v) is 4.95. The Bertz CT molecular complexity index is 430. The van der Waals surface area contributed by atoms with E-state index in [1.807, 2.05) is 18.2 Å². The van der Waals surface area contributed by atoms with Gasteiger partial charge in [-0.2, -0.15) is 0 Å². The van der Waals surface area contributed by atoms with Crippen LogP contribution in [0.1, 0.15) is 0 Å². The molecule has 0 atom stereocenters. The van der Waals surface area contributed by atoms with Crippen molar-refractivity contribution in [2.24, 2.45) is 0 Å². The zero-order valence-corrected chi connectivity index (χ0v) is 10.8. The van der Waals surface area contributed by atoms with E-state index in [0.29, 0.717) is 5.19 Å². The van der Waals surface area contributed by atoms with E-state index in [1.54, 1.807) is 5.38 Å². The summed E-state index contributed by atoms with van der Waals surface area (Å²) in [6, 6.07) is 5.67. The van der Waals surface area contributed by atoms with Crippen LogP contribution in [-0.4, -0.2) is 4.98 Å². The molecule has 0 saturated heterocycles. The highest BCUT2D eigenvalue weighted by Gasteiger charge is 2.02. The molecule has 0 bridgehead atoms. The lowest BCUT2D eigenvalue weighted by molar-refractivity contribution is 0.478. The molecule has 0 N–H and O–H groups in total. The third-order valence-corrected chi connectivity index (χ3v) is 3.94. The van der Waals surface area contributed by atoms with Crippen molar-refractivity contribution in [1.29, 1.82) is 0 Å². The fourth-order valence-electron chi connectivity index (χ4n) is 0.870. The van der Waals surface area contributed by atoms with Gasteiger partial charge in [0.1, 0.15) is 11.9 Å². The molecular formula is C9H4Br2NOS. The van der Waals surface area contributed by atoms with Gasteiger partial charge in [0.05, 0.1) is 0 Å². The number of hydrogen-bond donors (Lipinski definition) is 0. The molecule has 0 aliphatic rings. The van der Waals surface area contributed by atoms with E-state index in [0.717, 1.165) is 14.7 Å². The average Bonchev–Trinajstić information content (AvgIpc) is 2.64. The Morgan fingerprint density at radius 1 is 1.29 bits per heavy atom. The Morgan fingerprint density at radius 3 is 2.79 bits per heavy atom. The zero-order valence-electron chi connectivity index (χ0n) is 6.83. The van der Waals surface area contributed by atoms with Gasteiger partial charge in [-0.05, 0) is 50.1 Å². The van der Waals surface area contributed by atoms with Gasteiger partial charge >= 0.3 is 0 Å². The molecule has 5 heteroatoms. The Balaban J connectivity index is 2.22. The Labute approximate surface area is 102 Å². The maximum atomic E-state index is 5.48. The van der Waals surface area contributed by atoms with Crippen molar-refractivity contribution in [1.82, 2.24) is 4.98 Å². The number of hydrogen-bond acceptors (Lipinski definition) is 3. The average molecular weight is 334 g/mol. The van der Waals surface area contributed by atoms with Gasteiger partial charge in [0.15, 0.2) is 0 Å². The van der Waals surface area contributed by atoms with Crippen LogP contribution in [0.15, 0.2) is 32.5 Å². The number of nitrogens with zero attached hydrogens (tertiary/aromatic N) is 1. The van der Waals surface area contributed by atoms with Crippen LogP contribution in [0.3, 0.4) is 0 Å². The van der Waals surface area contributed by atoms with Crippen LogP contribution in [0.25, 0.3) is 0 Å². The SMILES string of the molecule is Brc1ccc(Oc2n[c]cs2)cc1Br.